The molecule has 2 atom stereocenters. The zero-order chi connectivity index (χ0) is 17.2. The van der Waals surface area contributed by atoms with Gasteiger partial charge in [-0.2, -0.15) is 0 Å². The molecular weight excluding hydrogens is 300 g/mol. The molecule has 1 heterocycles. The van der Waals surface area contributed by atoms with Gasteiger partial charge in [0.1, 0.15) is 17.8 Å². The summed E-state index contributed by atoms with van der Waals surface area (Å²) in [5, 5.41) is 25.3. The molecule has 7 nitrogen and oxygen atoms in total. The Labute approximate surface area is 134 Å². The summed E-state index contributed by atoms with van der Waals surface area (Å²) in [6.07, 6.45) is -3.11. The van der Waals surface area contributed by atoms with Crippen LogP contribution in [0.5, 0.6) is 0 Å². The Balaban J connectivity index is 1.95. The predicted octanol–water partition coefficient (Wildman–Crippen LogP) is 0.849. The van der Waals surface area contributed by atoms with Gasteiger partial charge in [0, 0.05) is 18.7 Å². The van der Waals surface area contributed by atoms with E-state index in [1.807, 2.05) is 0 Å². The van der Waals surface area contributed by atoms with Crippen molar-refractivity contribution in [3.05, 3.63) is 34.9 Å². The highest BCUT2D eigenvalue weighted by Gasteiger charge is 2.24. The van der Waals surface area contributed by atoms with Gasteiger partial charge in [-0.25, -0.2) is 4.79 Å². The van der Waals surface area contributed by atoms with Gasteiger partial charge in [-0.15, -0.1) is 0 Å². The number of rotatable bonds is 4. The number of fused-ring (bicyclic) bond motifs is 1. The van der Waals surface area contributed by atoms with Crippen molar-refractivity contribution < 1.29 is 24.5 Å². The van der Waals surface area contributed by atoms with E-state index in [1.165, 1.54) is 0 Å². The first-order valence-electron chi connectivity index (χ1n) is 7.41. The molecule has 0 bridgehead atoms. The lowest BCUT2D eigenvalue weighted by Crippen LogP contribution is -2.38. The largest absolute Gasteiger partial charge is 0.444 e. The number of aliphatic hydroxyl groups is 2. The number of benzene rings is 1. The Kier molecular flexibility index (Phi) is 4.91. The zero-order valence-electron chi connectivity index (χ0n) is 13.4. The maximum absolute atomic E-state index is 11.6. The van der Waals surface area contributed by atoms with Crippen molar-refractivity contribution >= 4 is 12.0 Å². The molecule has 0 aromatic heterocycles. The van der Waals surface area contributed by atoms with Crippen LogP contribution in [0.25, 0.3) is 0 Å². The smallest absolute Gasteiger partial charge is 0.407 e. The summed E-state index contributed by atoms with van der Waals surface area (Å²) < 4.78 is 5.05. The lowest BCUT2D eigenvalue weighted by Gasteiger charge is -2.22. The van der Waals surface area contributed by atoms with E-state index < -0.39 is 23.9 Å². The number of amides is 2. The molecule has 23 heavy (non-hydrogen) atoms. The minimum absolute atomic E-state index is 0.167. The van der Waals surface area contributed by atoms with E-state index in [9.17, 15) is 19.8 Å². The van der Waals surface area contributed by atoms with Gasteiger partial charge in [0.25, 0.3) is 5.91 Å². The molecule has 1 aliphatic heterocycles. The molecule has 2 unspecified atom stereocenters. The van der Waals surface area contributed by atoms with Crippen LogP contribution in [0.1, 0.15) is 48.4 Å². The molecule has 7 heteroatoms. The molecule has 2 rings (SSSR count). The molecule has 0 saturated heterocycles. The second kappa shape index (κ2) is 6.55. The molecule has 0 saturated carbocycles. The highest BCUT2D eigenvalue weighted by atomic mass is 16.6. The van der Waals surface area contributed by atoms with E-state index in [4.69, 9.17) is 4.74 Å². The van der Waals surface area contributed by atoms with Gasteiger partial charge in [0.05, 0.1) is 0 Å². The average molecular weight is 322 g/mol. The Bertz CT molecular complexity index is 609. The molecule has 0 aliphatic carbocycles. The standard InChI is InChI=1S/C16H22N2O5/c1-16(2,3)23-15(22)18-8-12(19)13(20)9-4-5-10-7-17-14(21)11(10)6-9/h4-6,12-13,19-20H,7-8H2,1-3H3,(H,17,21)(H,18,22). The number of aliphatic hydroxyl groups excluding tert-OH is 2. The zero-order valence-corrected chi connectivity index (χ0v) is 13.4. The van der Waals surface area contributed by atoms with E-state index in [-0.39, 0.29) is 12.5 Å². The van der Waals surface area contributed by atoms with Crippen LogP contribution in [0.15, 0.2) is 18.2 Å². The molecule has 2 amide bonds. The van der Waals surface area contributed by atoms with Crippen LogP contribution in [0.2, 0.25) is 0 Å². The third-order valence-corrected chi connectivity index (χ3v) is 3.38. The monoisotopic (exact) mass is 322 g/mol. The van der Waals surface area contributed by atoms with Crippen molar-refractivity contribution in [2.24, 2.45) is 0 Å². The fraction of sp³-hybridized carbons (Fsp3) is 0.500. The third-order valence-electron chi connectivity index (χ3n) is 3.38. The molecule has 1 aliphatic rings. The van der Waals surface area contributed by atoms with Gasteiger partial charge >= 0.3 is 6.09 Å². The normalized spacial score (nSPS) is 16.3. The highest BCUT2D eigenvalue weighted by molar-refractivity contribution is 5.98. The number of carbonyl (C=O) groups excluding carboxylic acids is 2. The maximum atomic E-state index is 11.6. The third kappa shape index (κ3) is 4.43. The van der Waals surface area contributed by atoms with Crippen LogP contribution < -0.4 is 10.6 Å². The molecule has 0 radical (unpaired) electrons. The van der Waals surface area contributed by atoms with Crippen molar-refractivity contribution in [1.82, 2.24) is 10.6 Å². The highest BCUT2D eigenvalue weighted by Crippen LogP contribution is 2.23. The number of hydrogen-bond acceptors (Lipinski definition) is 5. The van der Waals surface area contributed by atoms with Crippen molar-refractivity contribution in [1.29, 1.82) is 0 Å². The minimum Gasteiger partial charge on any atom is -0.444 e. The Morgan fingerprint density at radius 3 is 2.74 bits per heavy atom. The van der Waals surface area contributed by atoms with E-state index in [0.29, 0.717) is 17.7 Å². The molecule has 0 fully saturated rings. The molecule has 1 aromatic rings. The van der Waals surface area contributed by atoms with Gasteiger partial charge in [-0.1, -0.05) is 12.1 Å². The quantitative estimate of drug-likeness (QED) is 0.657. The van der Waals surface area contributed by atoms with Crippen LogP contribution in [-0.4, -0.2) is 40.5 Å². The van der Waals surface area contributed by atoms with Gasteiger partial charge in [0.15, 0.2) is 0 Å². The summed E-state index contributed by atoms with van der Waals surface area (Å²) in [6.45, 7) is 5.49. The lowest BCUT2D eigenvalue weighted by molar-refractivity contribution is 0.0129. The van der Waals surface area contributed by atoms with E-state index in [0.717, 1.165) is 5.56 Å². The molecule has 0 spiro atoms. The molecule has 1 aromatic carbocycles. The second-order valence-electron chi connectivity index (χ2n) is 6.49. The first kappa shape index (κ1) is 17.2. The minimum atomic E-state index is -1.22. The van der Waals surface area contributed by atoms with Gasteiger partial charge in [-0.05, 0) is 38.0 Å². The number of hydrogen-bond donors (Lipinski definition) is 4. The van der Waals surface area contributed by atoms with Gasteiger partial charge in [0.2, 0.25) is 0 Å². The Morgan fingerprint density at radius 1 is 1.39 bits per heavy atom. The van der Waals surface area contributed by atoms with E-state index in [1.54, 1.807) is 39.0 Å². The Morgan fingerprint density at radius 2 is 2.09 bits per heavy atom. The number of nitrogens with one attached hydrogen (secondary N) is 2. The summed E-state index contributed by atoms with van der Waals surface area (Å²) in [5.74, 6) is -0.199. The first-order valence-corrected chi connectivity index (χ1v) is 7.41. The van der Waals surface area contributed by atoms with Crippen molar-refractivity contribution in [3.8, 4) is 0 Å². The molecule has 126 valence electrons. The SMILES string of the molecule is CC(C)(C)OC(=O)NCC(O)C(O)c1ccc2c(c1)C(=O)NC2. The molecule has 4 N–H and O–H groups in total. The van der Waals surface area contributed by atoms with Gasteiger partial charge < -0.3 is 25.6 Å². The summed E-state index contributed by atoms with van der Waals surface area (Å²) in [6, 6.07) is 4.94. The number of alkyl carbamates (subject to hydrolysis) is 1. The van der Waals surface area contributed by atoms with Crippen molar-refractivity contribution in [3.63, 3.8) is 0 Å². The summed E-state index contributed by atoms with van der Waals surface area (Å²) in [7, 11) is 0. The van der Waals surface area contributed by atoms with Crippen LogP contribution in [0.4, 0.5) is 4.79 Å². The van der Waals surface area contributed by atoms with Crippen LogP contribution >= 0.6 is 0 Å². The topological polar surface area (TPSA) is 108 Å². The molecular formula is C16H22N2O5. The van der Waals surface area contributed by atoms with Crippen molar-refractivity contribution in [2.45, 2.75) is 45.1 Å². The van der Waals surface area contributed by atoms with Gasteiger partial charge in [-0.3, -0.25) is 4.79 Å². The number of carbonyl (C=O) groups is 2. The maximum Gasteiger partial charge on any atom is 0.407 e. The fourth-order valence-electron chi connectivity index (χ4n) is 2.25. The van der Waals surface area contributed by atoms with E-state index in [2.05, 4.69) is 10.6 Å². The van der Waals surface area contributed by atoms with E-state index >= 15 is 0 Å². The summed E-state index contributed by atoms with van der Waals surface area (Å²) in [4.78, 5) is 23.2. The predicted molar refractivity (Wildman–Crippen MR) is 82.8 cm³/mol. The Hall–Kier alpha value is -2.12. The fourth-order valence-corrected chi connectivity index (χ4v) is 2.25. The summed E-state index contributed by atoms with van der Waals surface area (Å²) >= 11 is 0. The van der Waals surface area contributed by atoms with Crippen LogP contribution in [-0.2, 0) is 11.3 Å². The lowest BCUT2D eigenvalue weighted by atomic mass is 9.99. The first-order chi connectivity index (χ1) is 10.7. The average Bonchev–Trinajstić information content (AvgIpc) is 2.83. The summed E-state index contributed by atoms with van der Waals surface area (Å²) in [5.41, 5.74) is 1.13. The van der Waals surface area contributed by atoms with Crippen molar-refractivity contribution in [2.75, 3.05) is 6.54 Å². The second-order valence-corrected chi connectivity index (χ2v) is 6.49. The number of ether oxygens (including phenoxy) is 1. The van der Waals surface area contributed by atoms with Crippen LogP contribution in [0.3, 0.4) is 0 Å². The van der Waals surface area contributed by atoms with Crippen LogP contribution in [0, 0.1) is 0 Å².